The normalized spacial score (nSPS) is 14.1. The molecular weight excluding hydrogens is 434 g/mol. The van der Waals surface area contributed by atoms with Crippen molar-refractivity contribution in [2.75, 3.05) is 38.7 Å². The number of carbonyl (C=O) groups excluding carboxylic acids is 1. The van der Waals surface area contributed by atoms with Crippen LogP contribution in [-0.2, 0) is 13.0 Å². The number of fused-ring (bicyclic) bond motifs is 1. The number of nitrogens with one attached hydrogen (secondary N) is 1. The number of hydrogen-bond donors (Lipinski definition) is 1. The number of rotatable bonds is 10. The Morgan fingerprint density at radius 2 is 1.71 bits per heavy atom. The Labute approximate surface area is 209 Å². The first-order chi connectivity index (χ1) is 17.0. The van der Waals surface area contributed by atoms with E-state index in [1.807, 2.05) is 24.3 Å². The van der Waals surface area contributed by atoms with Gasteiger partial charge in [0.1, 0.15) is 5.75 Å². The van der Waals surface area contributed by atoms with Gasteiger partial charge in [0.2, 0.25) is 0 Å². The van der Waals surface area contributed by atoms with E-state index in [2.05, 4.69) is 84.7 Å². The summed E-state index contributed by atoms with van der Waals surface area (Å²) in [6.07, 6.45) is 3.15. The van der Waals surface area contributed by atoms with E-state index in [9.17, 15) is 4.79 Å². The Morgan fingerprint density at radius 1 is 1.00 bits per heavy atom. The molecule has 35 heavy (non-hydrogen) atoms. The summed E-state index contributed by atoms with van der Waals surface area (Å²) in [5, 5.41) is 3.20. The van der Waals surface area contributed by atoms with Crippen LogP contribution in [-0.4, -0.2) is 44.6 Å². The maximum atomic E-state index is 13.0. The van der Waals surface area contributed by atoms with Gasteiger partial charge in [0.25, 0.3) is 5.91 Å². The third-order valence-corrected chi connectivity index (χ3v) is 6.73. The van der Waals surface area contributed by atoms with Gasteiger partial charge in [0, 0.05) is 45.0 Å². The third kappa shape index (κ3) is 6.43. The van der Waals surface area contributed by atoms with E-state index in [0.29, 0.717) is 18.7 Å². The Bertz CT molecular complexity index is 1090. The van der Waals surface area contributed by atoms with Crippen LogP contribution in [0.1, 0.15) is 52.9 Å². The SMILES string of the molecule is CCCCOc1ccc(C(=O)NC[C@H](c2ccc(N(C)C)cc2)N2CCc3ccccc3C2)cc1. The lowest BCUT2D eigenvalue weighted by Gasteiger charge is -2.36. The first-order valence-electron chi connectivity index (χ1n) is 12.6. The van der Waals surface area contributed by atoms with E-state index in [0.717, 1.165) is 38.1 Å². The molecule has 1 heterocycles. The lowest BCUT2D eigenvalue weighted by Crippen LogP contribution is -2.40. The van der Waals surface area contributed by atoms with Crippen LogP contribution in [0.25, 0.3) is 0 Å². The number of benzene rings is 3. The zero-order valence-electron chi connectivity index (χ0n) is 21.2. The fourth-order valence-electron chi connectivity index (χ4n) is 4.56. The smallest absolute Gasteiger partial charge is 0.251 e. The van der Waals surface area contributed by atoms with Gasteiger partial charge in [0.15, 0.2) is 0 Å². The number of amides is 1. The molecule has 0 fully saturated rings. The van der Waals surface area contributed by atoms with E-state index in [1.54, 1.807) is 0 Å². The zero-order valence-corrected chi connectivity index (χ0v) is 21.2. The molecule has 0 saturated carbocycles. The standard InChI is InChI=1S/C30H37N3O2/c1-4-5-20-35-28-16-12-25(13-17-28)30(34)31-21-29(24-10-14-27(15-11-24)32(2)3)33-19-18-23-8-6-7-9-26(23)22-33/h6-17,29H,4-5,18-22H2,1-3H3,(H,31,34)/t29-/m1/s1. The molecule has 5 nitrogen and oxygen atoms in total. The van der Waals surface area contributed by atoms with Crippen molar-refractivity contribution >= 4 is 11.6 Å². The van der Waals surface area contributed by atoms with Crippen molar-refractivity contribution in [2.24, 2.45) is 0 Å². The van der Waals surface area contributed by atoms with Crippen LogP contribution in [0.15, 0.2) is 72.8 Å². The predicted molar refractivity (Wildman–Crippen MR) is 143 cm³/mol. The fourth-order valence-corrected chi connectivity index (χ4v) is 4.56. The molecule has 3 aromatic rings. The number of hydrogen-bond acceptors (Lipinski definition) is 4. The van der Waals surface area contributed by atoms with E-state index >= 15 is 0 Å². The van der Waals surface area contributed by atoms with Gasteiger partial charge in [0.05, 0.1) is 12.6 Å². The second kappa shape index (κ2) is 11.9. The van der Waals surface area contributed by atoms with Crippen LogP contribution in [0.3, 0.4) is 0 Å². The van der Waals surface area contributed by atoms with Gasteiger partial charge in [-0.25, -0.2) is 0 Å². The highest BCUT2D eigenvalue weighted by Gasteiger charge is 2.25. The minimum absolute atomic E-state index is 0.0579. The van der Waals surface area contributed by atoms with E-state index in [1.165, 1.54) is 22.4 Å². The highest BCUT2D eigenvalue weighted by Crippen LogP contribution is 2.29. The molecule has 1 aliphatic heterocycles. The molecule has 1 aliphatic rings. The van der Waals surface area contributed by atoms with E-state index < -0.39 is 0 Å². The number of carbonyl (C=O) groups is 1. The first-order valence-corrected chi connectivity index (χ1v) is 12.6. The average molecular weight is 472 g/mol. The quantitative estimate of drug-likeness (QED) is 0.399. The summed E-state index contributed by atoms with van der Waals surface area (Å²) in [6, 6.07) is 24.9. The second-order valence-corrected chi connectivity index (χ2v) is 9.43. The average Bonchev–Trinajstić information content (AvgIpc) is 2.89. The molecular formula is C30H37N3O2. The minimum Gasteiger partial charge on any atom is -0.494 e. The Morgan fingerprint density at radius 3 is 2.40 bits per heavy atom. The highest BCUT2D eigenvalue weighted by atomic mass is 16.5. The molecule has 1 amide bonds. The lowest BCUT2D eigenvalue weighted by atomic mass is 9.96. The van der Waals surface area contributed by atoms with Crippen molar-refractivity contribution in [3.63, 3.8) is 0 Å². The molecule has 0 bridgehead atoms. The van der Waals surface area contributed by atoms with Gasteiger partial charge in [-0.3, -0.25) is 9.69 Å². The second-order valence-electron chi connectivity index (χ2n) is 9.43. The summed E-state index contributed by atoms with van der Waals surface area (Å²) in [4.78, 5) is 17.6. The first kappa shape index (κ1) is 24.8. The molecule has 0 spiro atoms. The molecule has 5 heteroatoms. The number of unbranched alkanes of at least 4 members (excludes halogenated alkanes) is 1. The van der Waals surface area contributed by atoms with Crippen molar-refractivity contribution in [2.45, 2.75) is 38.8 Å². The predicted octanol–water partition coefficient (Wildman–Crippen LogP) is 5.46. The van der Waals surface area contributed by atoms with Crippen molar-refractivity contribution < 1.29 is 9.53 Å². The molecule has 0 aliphatic carbocycles. The largest absolute Gasteiger partial charge is 0.494 e. The molecule has 184 valence electrons. The molecule has 0 aromatic heterocycles. The van der Waals surface area contributed by atoms with E-state index in [-0.39, 0.29) is 11.9 Å². The summed E-state index contributed by atoms with van der Waals surface area (Å²) in [6.45, 7) is 5.25. The number of anilines is 1. The zero-order chi connectivity index (χ0) is 24.6. The van der Waals surface area contributed by atoms with Crippen molar-refractivity contribution in [3.8, 4) is 5.75 Å². The van der Waals surface area contributed by atoms with E-state index in [4.69, 9.17) is 4.74 Å². The Hall–Kier alpha value is -3.31. The minimum atomic E-state index is -0.0579. The van der Waals surface area contributed by atoms with Gasteiger partial charge < -0.3 is 15.0 Å². The van der Waals surface area contributed by atoms with Gasteiger partial charge in [-0.15, -0.1) is 0 Å². The molecule has 4 rings (SSSR count). The highest BCUT2D eigenvalue weighted by molar-refractivity contribution is 5.94. The van der Waals surface area contributed by atoms with Crippen molar-refractivity contribution in [1.82, 2.24) is 10.2 Å². The topological polar surface area (TPSA) is 44.8 Å². The summed E-state index contributed by atoms with van der Waals surface area (Å²) in [5.74, 6) is 0.748. The van der Waals surface area contributed by atoms with Gasteiger partial charge in [-0.05, 0) is 65.9 Å². The van der Waals surface area contributed by atoms with Gasteiger partial charge in [-0.2, -0.15) is 0 Å². The summed E-state index contributed by atoms with van der Waals surface area (Å²) in [5.41, 5.74) is 5.84. The van der Waals surface area contributed by atoms with Crippen molar-refractivity contribution in [1.29, 1.82) is 0 Å². The summed E-state index contributed by atoms with van der Waals surface area (Å²) >= 11 is 0. The molecule has 0 radical (unpaired) electrons. The molecule has 3 aromatic carbocycles. The Kier molecular flexibility index (Phi) is 8.43. The number of ether oxygens (including phenoxy) is 1. The molecule has 0 saturated heterocycles. The molecule has 0 unspecified atom stereocenters. The van der Waals surface area contributed by atoms with Gasteiger partial charge in [-0.1, -0.05) is 49.7 Å². The van der Waals surface area contributed by atoms with Crippen LogP contribution in [0.5, 0.6) is 5.75 Å². The summed E-state index contributed by atoms with van der Waals surface area (Å²) < 4.78 is 5.73. The maximum Gasteiger partial charge on any atom is 0.251 e. The lowest BCUT2D eigenvalue weighted by molar-refractivity contribution is 0.0927. The van der Waals surface area contributed by atoms with Crippen LogP contribution in [0, 0.1) is 0 Å². The fraction of sp³-hybridized carbons (Fsp3) is 0.367. The number of nitrogens with zero attached hydrogens (tertiary/aromatic N) is 2. The monoisotopic (exact) mass is 471 g/mol. The molecule has 1 atom stereocenters. The van der Waals surface area contributed by atoms with Crippen molar-refractivity contribution in [3.05, 3.63) is 95.1 Å². The summed E-state index contributed by atoms with van der Waals surface area (Å²) in [7, 11) is 4.10. The third-order valence-electron chi connectivity index (χ3n) is 6.73. The van der Waals surface area contributed by atoms with Gasteiger partial charge >= 0.3 is 0 Å². The molecule has 1 N–H and O–H groups in total. The van der Waals surface area contributed by atoms with Crippen LogP contribution in [0.2, 0.25) is 0 Å². The van der Waals surface area contributed by atoms with Crippen LogP contribution in [0.4, 0.5) is 5.69 Å². The maximum absolute atomic E-state index is 13.0. The van der Waals surface area contributed by atoms with Crippen LogP contribution < -0.4 is 15.0 Å². The Balaban J connectivity index is 1.47. The van der Waals surface area contributed by atoms with Crippen LogP contribution >= 0.6 is 0 Å².